The van der Waals surface area contributed by atoms with Gasteiger partial charge in [-0.15, -0.1) is 0 Å². The van der Waals surface area contributed by atoms with Crippen molar-refractivity contribution in [2.75, 3.05) is 13.2 Å². The monoisotopic (exact) mass is 391 g/mol. The van der Waals surface area contributed by atoms with Gasteiger partial charge in [0.25, 0.3) is 5.91 Å². The lowest BCUT2D eigenvalue weighted by Crippen LogP contribution is -2.33. The Hall–Kier alpha value is -2.55. The third-order valence-corrected chi connectivity index (χ3v) is 3.71. The molecule has 2 aromatic carbocycles. The summed E-state index contributed by atoms with van der Waals surface area (Å²) in [5, 5.41) is 9.12. The molecule has 146 valence electrons. The molecule has 27 heavy (non-hydrogen) atoms. The molecule has 0 saturated heterocycles. The lowest BCUT2D eigenvalue weighted by molar-refractivity contribution is -0.143. The molecule has 0 bridgehead atoms. The molecule has 9 heteroatoms. The average Bonchev–Trinajstić information content (AvgIpc) is 2.60. The van der Waals surface area contributed by atoms with Crippen molar-refractivity contribution in [1.82, 2.24) is 4.90 Å². The van der Waals surface area contributed by atoms with Crippen LogP contribution in [-0.2, 0) is 18.9 Å². The van der Waals surface area contributed by atoms with Crippen LogP contribution in [0.5, 0.6) is 0 Å². The van der Waals surface area contributed by atoms with Crippen LogP contribution in [0.3, 0.4) is 0 Å². The summed E-state index contributed by atoms with van der Waals surface area (Å²) in [4.78, 5) is 13.6. The van der Waals surface area contributed by atoms with Crippen LogP contribution < -0.4 is 0 Å². The third-order valence-electron chi connectivity index (χ3n) is 3.71. The van der Waals surface area contributed by atoms with E-state index in [0.29, 0.717) is 17.7 Å². The first-order valence-corrected chi connectivity index (χ1v) is 7.76. The van der Waals surface area contributed by atoms with Crippen molar-refractivity contribution < 1.29 is 36.2 Å². The van der Waals surface area contributed by atoms with Crippen LogP contribution in [0.4, 0.5) is 26.3 Å². The second kappa shape index (κ2) is 7.99. The molecular formula is C18H15F6NO2. The number of rotatable bonds is 5. The minimum atomic E-state index is -5.04. The zero-order chi connectivity index (χ0) is 20.2. The zero-order valence-corrected chi connectivity index (χ0v) is 13.8. The highest BCUT2D eigenvalue weighted by Crippen LogP contribution is 2.36. The topological polar surface area (TPSA) is 40.5 Å². The SMILES string of the molecule is O=C(c1cc(C(F)(F)F)cc(C(F)(F)F)c1)N(CCO)Cc1ccccc1. The van der Waals surface area contributed by atoms with Gasteiger partial charge in [-0.2, -0.15) is 26.3 Å². The second-order valence-electron chi connectivity index (χ2n) is 5.73. The van der Waals surface area contributed by atoms with E-state index >= 15 is 0 Å². The predicted octanol–water partition coefficient (Wildman–Crippen LogP) is 4.36. The van der Waals surface area contributed by atoms with E-state index in [4.69, 9.17) is 5.11 Å². The van der Waals surface area contributed by atoms with E-state index in [1.807, 2.05) is 0 Å². The van der Waals surface area contributed by atoms with Crippen molar-refractivity contribution in [2.24, 2.45) is 0 Å². The molecule has 2 aromatic rings. The number of carbonyl (C=O) groups excluding carboxylic acids is 1. The molecule has 0 aliphatic rings. The molecule has 0 heterocycles. The molecule has 0 saturated carbocycles. The fourth-order valence-electron chi connectivity index (χ4n) is 2.44. The number of carbonyl (C=O) groups is 1. The maximum atomic E-state index is 13.0. The Kier molecular flexibility index (Phi) is 6.15. The quantitative estimate of drug-likeness (QED) is 0.770. The predicted molar refractivity (Wildman–Crippen MR) is 84.7 cm³/mol. The van der Waals surface area contributed by atoms with Gasteiger partial charge >= 0.3 is 12.4 Å². The van der Waals surface area contributed by atoms with Gasteiger partial charge in [0.15, 0.2) is 0 Å². The number of benzene rings is 2. The van der Waals surface area contributed by atoms with Crippen LogP contribution in [0, 0.1) is 0 Å². The third kappa shape index (κ3) is 5.46. The van der Waals surface area contributed by atoms with Gasteiger partial charge in [-0.3, -0.25) is 4.79 Å². The van der Waals surface area contributed by atoms with Crippen molar-refractivity contribution in [2.45, 2.75) is 18.9 Å². The molecule has 0 spiro atoms. The lowest BCUT2D eigenvalue weighted by atomic mass is 10.0. The lowest BCUT2D eigenvalue weighted by Gasteiger charge is -2.23. The Morgan fingerprint density at radius 3 is 1.85 bits per heavy atom. The highest BCUT2D eigenvalue weighted by molar-refractivity contribution is 5.94. The Morgan fingerprint density at radius 1 is 0.889 bits per heavy atom. The van der Waals surface area contributed by atoms with E-state index in [2.05, 4.69) is 0 Å². The molecule has 3 nitrogen and oxygen atoms in total. The summed E-state index contributed by atoms with van der Waals surface area (Å²) >= 11 is 0. The molecular weight excluding hydrogens is 376 g/mol. The van der Waals surface area contributed by atoms with Gasteiger partial charge in [0.2, 0.25) is 0 Å². The molecule has 0 aromatic heterocycles. The Balaban J connectivity index is 2.44. The molecule has 0 aliphatic heterocycles. The van der Waals surface area contributed by atoms with E-state index in [0.717, 1.165) is 4.90 Å². The number of aliphatic hydroxyl groups excluding tert-OH is 1. The molecule has 0 radical (unpaired) electrons. The van der Waals surface area contributed by atoms with Crippen molar-refractivity contribution in [1.29, 1.82) is 0 Å². The van der Waals surface area contributed by atoms with Gasteiger partial charge in [-0.25, -0.2) is 0 Å². The van der Waals surface area contributed by atoms with Crippen molar-refractivity contribution in [3.05, 3.63) is 70.8 Å². The molecule has 0 aliphatic carbocycles. The van der Waals surface area contributed by atoms with E-state index in [1.54, 1.807) is 30.3 Å². The largest absolute Gasteiger partial charge is 0.416 e. The van der Waals surface area contributed by atoms with Crippen LogP contribution >= 0.6 is 0 Å². The van der Waals surface area contributed by atoms with Gasteiger partial charge in [0, 0.05) is 18.7 Å². The normalized spacial score (nSPS) is 12.1. The molecule has 0 unspecified atom stereocenters. The summed E-state index contributed by atoms with van der Waals surface area (Å²) in [6, 6.07) is 9.07. The molecule has 0 atom stereocenters. The minimum Gasteiger partial charge on any atom is -0.395 e. The molecule has 0 fully saturated rings. The summed E-state index contributed by atoms with van der Waals surface area (Å²) < 4.78 is 77.8. The van der Waals surface area contributed by atoms with E-state index < -0.39 is 41.6 Å². The van der Waals surface area contributed by atoms with Crippen LogP contribution in [0.15, 0.2) is 48.5 Å². The summed E-state index contributed by atoms with van der Waals surface area (Å²) in [5.41, 5.74) is -3.27. The number of hydrogen-bond donors (Lipinski definition) is 1. The summed E-state index contributed by atoms with van der Waals surface area (Å²) in [6.07, 6.45) is -10.1. The molecule has 2 rings (SSSR count). The zero-order valence-electron chi connectivity index (χ0n) is 13.8. The first-order valence-electron chi connectivity index (χ1n) is 7.76. The Morgan fingerprint density at radius 2 is 1.41 bits per heavy atom. The van der Waals surface area contributed by atoms with Gasteiger partial charge < -0.3 is 10.0 Å². The molecule has 1 N–H and O–H groups in total. The van der Waals surface area contributed by atoms with Gasteiger partial charge in [0.05, 0.1) is 17.7 Å². The van der Waals surface area contributed by atoms with Crippen LogP contribution in [-0.4, -0.2) is 29.1 Å². The highest BCUT2D eigenvalue weighted by atomic mass is 19.4. The fourth-order valence-corrected chi connectivity index (χ4v) is 2.44. The van der Waals surface area contributed by atoms with Crippen molar-refractivity contribution in [3.8, 4) is 0 Å². The van der Waals surface area contributed by atoms with Crippen molar-refractivity contribution in [3.63, 3.8) is 0 Å². The van der Waals surface area contributed by atoms with Gasteiger partial charge in [-0.1, -0.05) is 30.3 Å². The number of nitrogens with zero attached hydrogens (tertiary/aromatic N) is 1. The average molecular weight is 391 g/mol. The summed E-state index contributed by atoms with van der Waals surface area (Å²) in [5.74, 6) is -1.04. The first-order chi connectivity index (χ1) is 12.5. The number of halogens is 6. The molecule has 1 amide bonds. The summed E-state index contributed by atoms with van der Waals surface area (Å²) in [6.45, 7) is -0.813. The van der Waals surface area contributed by atoms with Gasteiger partial charge in [0.1, 0.15) is 0 Å². The maximum Gasteiger partial charge on any atom is 0.416 e. The van der Waals surface area contributed by atoms with Crippen LogP contribution in [0.25, 0.3) is 0 Å². The van der Waals surface area contributed by atoms with E-state index in [9.17, 15) is 31.1 Å². The second-order valence-corrected chi connectivity index (χ2v) is 5.73. The maximum absolute atomic E-state index is 13.0. The Bertz CT molecular complexity index is 754. The minimum absolute atomic E-state index is 0.0373. The summed E-state index contributed by atoms with van der Waals surface area (Å²) in [7, 11) is 0. The number of amides is 1. The van der Waals surface area contributed by atoms with Crippen molar-refractivity contribution >= 4 is 5.91 Å². The first kappa shape index (κ1) is 20.8. The standard InChI is InChI=1S/C18H15F6NO2/c19-17(20,21)14-8-13(9-15(10-14)18(22,23)24)16(27)25(6-7-26)11-12-4-2-1-3-5-12/h1-5,8-10,26H,6-7,11H2. The van der Waals surface area contributed by atoms with E-state index in [1.165, 1.54) is 0 Å². The van der Waals surface area contributed by atoms with E-state index in [-0.39, 0.29) is 19.2 Å². The number of hydrogen-bond acceptors (Lipinski definition) is 2. The fraction of sp³-hybridized carbons (Fsp3) is 0.278. The van der Waals surface area contributed by atoms with Crippen LogP contribution in [0.2, 0.25) is 0 Å². The smallest absolute Gasteiger partial charge is 0.395 e. The van der Waals surface area contributed by atoms with Crippen LogP contribution in [0.1, 0.15) is 27.0 Å². The number of aliphatic hydroxyl groups is 1. The van der Waals surface area contributed by atoms with Gasteiger partial charge in [-0.05, 0) is 23.8 Å². The number of alkyl halides is 6. The highest BCUT2D eigenvalue weighted by Gasteiger charge is 2.37. The Labute approximate surface area is 150 Å².